The molecule has 19 heavy (non-hydrogen) atoms. The lowest BCUT2D eigenvalue weighted by Gasteiger charge is -2.16. The van der Waals surface area contributed by atoms with Crippen LogP contribution >= 0.6 is 27.5 Å². The summed E-state index contributed by atoms with van der Waals surface area (Å²) in [6.07, 6.45) is 0. The van der Waals surface area contributed by atoms with Gasteiger partial charge in [0.15, 0.2) is 0 Å². The molecule has 0 fully saturated rings. The third-order valence-corrected chi connectivity index (χ3v) is 5.03. The first kappa shape index (κ1) is 14.6. The summed E-state index contributed by atoms with van der Waals surface area (Å²) in [5.74, 6) is 0. The van der Waals surface area contributed by atoms with E-state index in [1.807, 2.05) is 25.1 Å². The largest absolute Gasteiger partial charge is 0.320 e. The minimum absolute atomic E-state index is 0.149. The predicted molar refractivity (Wildman–Crippen MR) is 85.8 cm³/mol. The fourth-order valence-corrected chi connectivity index (χ4v) is 2.57. The minimum Gasteiger partial charge on any atom is -0.320 e. The zero-order valence-electron chi connectivity index (χ0n) is 11.3. The molecular formula is C16H17BrClN. The van der Waals surface area contributed by atoms with Gasteiger partial charge in [0.2, 0.25) is 0 Å². The van der Waals surface area contributed by atoms with Crippen LogP contribution in [0, 0.1) is 20.8 Å². The summed E-state index contributed by atoms with van der Waals surface area (Å²) < 4.78 is 1.14. The minimum atomic E-state index is -0.149. The second kappa shape index (κ2) is 5.66. The van der Waals surface area contributed by atoms with Gasteiger partial charge in [-0.2, -0.15) is 0 Å². The lowest BCUT2D eigenvalue weighted by Crippen LogP contribution is -2.12. The summed E-state index contributed by atoms with van der Waals surface area (Å²) in [7, 11) is 0. The van der Waals surface area contributed by atoms with Crippen LogP contribution in [0.1, 0.15) is 33.9 Å². The highest BCUT2D eigenvalue weighted by Gasteiger charge is 2.12. The molecule has 2 aromatic carbocycles. The molecule has 1 unspecified atom stereocenters. The van der Waals surface area contributed by atoms with Crippen LogP contribution in [-0.2, 0) is 0 Å². The Morgan fingerprint density at radius 2 is 1.53 bits per heavy atom. The summed E-state index contributed by atoms with van der Waals surface area (Å²) in [5.41, 5.74) is 12.0. The Kier molecular flexibility index (Phi) is 4.34. The average molecular weight is 339 g/mol. The zero-order valence-corrected chi connectivity index (χ0v) is 13.6. The topological polar surface area (TPSA) is 26.0 Å². The van der Waals surface area contributed by atoms with E-state index in [1.165, 1.54) is 11.1 Å². The van der Waals surface area contributed by atoms with E-state index in [9.17, 15) is 0 Å². The summed E-state index contributed by atoms with van der Waals surface area (Å²) >= 11 is 9.75. The lowest BCUT2D eigenvalue weighted by molar-refractivity contribution is 0.866. The second-order valence-corrected chi connectivity index (χ2v) is 6.16. The van der Waals surface area contributed by atoms with E-state index in [-0.39, 0.29) is 6.04 Å². The SMILES string of the molecule is Cc1ccc(C(N)c2cc(C)c(Br)c(C)c2)cc1Cl. The molecule has 0 bridgehead atoms. The van der Waals surface area contributed by atoms with Crippen molar-refractivity contribution in [2.24, 2.45) is 5.73 Å². The van der Waals surface area contributed by atoms with Gasteiger partial charge in [0.1, 0.15) is 0 Å². The molecule has 1 atom stereocenters. The van der Waals surface area contributed by atoms with Crippen molar-refractivity contribution < 1.29 is 0 Å². The highest BCUT2D eigenvalue weighted by molar-refractivity contribution is 9.10. The van der Waals surface area contributed by atoms with Crippen molar-refractivity contribution in [2.75, 3.05) is 0 Å². The Labute approximate surface area is 127 Å². The molecule has 0 saturated heterocycles. The van der Waals surface area contributed by atoms with Gasteiger partial charge in [0.25, 0.3) is 0 Å². The van der Waals surface area contributed by atoms with Gasteiger partial charge >= 0.3 is 0 Å². The monoisotopic (exact) mass is 337 g/mol. The van der Waals surface area contributed by atoms with Crippen molar-refractivity contribution in [3.63, 3.8) is 0 Å². The number of nitrogens with two attached hydrogens (primary N) is 1. The van der Waals surface area contributed by atoms with Gasteiger partial charge in [0.05, 0.1) is 6.04 Å². The fraction of sp³-hybridized carbons (Fsp3) is 0.250. The Bertz CT molecular complexity index is 599. The van der Waals surface area contributed by atoms with Crippen LogP contribution in [0.15, 0.2) is 34.8 Å². The molecule has 0 radical (unpaired) electrons. The van der Waals surface area contributed by atoms with Gasteiger partial charge in [-0.25, -0.2) is 0 Å². The van der Waals surface area contributed by atoms with Crippen LogP contribution in [0.3, 0.4) is 0 Å². The molecule has 0 saturated carbocycles. The smallest absolute Gasteiger partial charge is 0.0552 e. The molecule has 0 aromatic heterocycles. The van der Waals surface area contributed by atoms with Crippen LogP contribution < -0.4 is 5.73 Å². The lowest BCUT2D eigenvalue weighted by atomic mass is 9.96. The maximum Gasteiger partial charge on any atom is 0.0552 e. The molecule has 2 N–H and O–H groups in total. The highest BCUT2D eigenvalue weighted by Crippen LogP contribution is 2.29. The van der Waals surface area contributed by atoms with Gasteiger partial charge in [-0.1, -0.05) is 51.8 Å². The molecule has 0 spiro atoms. The zero-order chi connectivity index (χ0) is 14.2. The molecule has 3 heteroatoms. The van der Waals surface area contributed by atoms with Crippen LogP contribution in [0.5, 0.6) is 0 Å². The molecule has 0 amide bonds. The number of aryl methyl sites for hydroxylation is 3. The second-order valence-electron chi connectivity index (χ2n) is 4.95. The number of benzene rings is 2. The van der Waals surface area contributed by atoms with Crippen molar-refractivity contribution >= 4 is 27.5 Å². The quantitative estimate of drug-likeness (QED) is 0.812. The van der Waals surface area contributed by atoms with E-state index in [0.717, 1.165) is 26.2 Å². The molecule has 2 rings (SSSR count). The first-order chi connectivity index (χ1) is 8.90. The summed E-state index contributed by atoms with van der Waals surface area (Å²) in [5, 5.41) is 0.763. The van der Waals surface area contributed by atoms with Crippen molar-refractivity contribution in [2.45, 2.75) is 26.8 Å². The average Bonchev–Trinajstić information content (AvgIpc) is 2.37. The Morgan fingerprint density at radius 3 is 2.05 bits per heavy atom. The van der Waals surface area contributed by atoms with Crippen molar-refractivity contribution in [3.8, 4) is 0 Å². The number of halogens is 2. The number of hydrogen-bond acceptors (Lipinski definition) is 1. The van der Waals surface area contributed by atoms with Gasteiger partial charge in [-0.3, -0.25) is 0 Å². The summed E-state index contributed by atoms with van der Waals surface area (Å²) in [6.45, 7) is 6.15. The van der Waals surface area contributed by atoms with Crippen LogP contribution in [0.2, 0.25) is 5.02 Å². The molecule has 0 aliphatic rings. The maximum atomic E-state index is 6.35. The molecule has 100 valence electrons. The Hall–Kier alpha value is -0.830. The van der Waals surface area contributed by atoms with E-state index in [2.05, 4.69) is 41.9 Å². The van der Waals surface area contributed by atoms with Crippen molar-refractivity contribution in [1.82, 2.24) is 0 Å². The summed E-state index contributed by atoms with van der Waals surface area (Å²) in [6, 6.07) is 10.1. The van der Waals surface area contributed by atoms with Gasteiger partial charge in [-0.15, -0.1) is 0 Å². The van der Waals surface area contributed by atoms with Crippen molar-refractivity contribution in [1.29, 1.82) is 0 Å². The standard InChI is InChI=1S/C16H17BrClN/c1-9-4-5-12(8-14(9)18)16(19)13-6-10(2)15(17)11(3)7-13/h4-8,16H,19H2,1-3H3. The summed E-state index contributed by atoms with van der Waals surface area (Å²) in [4.78, 5) is 0. The molecule has 2 aromatic rings. The molecule has 0 aliphatic carbocycles. The Morgan fingerprint density at radius 1 is 0.947 bits per heavy atom. The highest BCUT2D eigenvalue weighted by atomic mass is 79.9. The third-order valence-electron chi connectivity index (χ3n) is 3.37. The first-order valence-corrected chi connectivity index (χ1v) is 7.35. The fourth-order valence-electron chi connectivity index (χ4n) is 2.15. The van der Waals surface area contributed by atoms with E-state index >= 15 is 0 Å². The Balaban J connectivity index is 2.43. The predicted octanol–water partition coefficient (Wildman–Crippen LogP) is 5.08. The molecular weight excluding hydrogens is 322 g/mol. The first-order valence-electron chi connectivity index (χ1n) is 6.18. The number of rotatable bonds is 2. The normalized spacial score (nSPS) is 12.5. The van der Waals surface area contributed by atoms with Gasteiger partial charge in [0, 0.05) is 9.50 Å². The molecule has 0 aliphatic heterocycles. The number of hydrogen-bond donors (Lipinski definition) is 1. The van der Waals surface area contributed by atoms with Crippen LogP contribution in [0.25, 0.3) is 0 Å². The van der Waals surface area contributed by atoms with E-state index in [1.54, 1.807) is 0 Å². The van der Waals surface area contributed by atoms with E-state index in [4.69, 9.17) is 17.3 Å². The molecule has 0 heterocycles. The van der Waals surface area contributed by atoms with Crippen molar-refractivity contribution in [3.05, 3.63) is 67.6 Å². The van der Waals surface area contributed by atoms with E-state index < -0.39 is 0 Å². The van der Waals surface area contributed by atoms with Gasteiger partial charge < -0.3 is 5.73 Å². The molecule has 1 nitrogen and oxygen atoms in total. The van der Waals surface area contributed by atoms with Gasteiger partial charge in [-0.05, 0) is 54.7 Å². The van der Waals surface area contributed by atoms with Crippen LogP contribution in [0.4, 0.5) is 0 Å². The van der Waals surface area contributed by atoms with E-state index in [0.29, 0.717) is 0 Å². The maximum absolute atomic E-state index is 6.35. The van der Waals surface area contributed by atoms with Crippen LogP contribution in [-0.4, -0.2) is 0 Å². The third kappa shape index (κ3) is 3.02.